The number of aromatic amines is 1. The van der Waals surface area contributed by atoms with Crippen molar-refractivity contribution in [1.29, 1.82) is 5.26 Å². The van der Waals surface area contributed by atoms with Crippen LogP contribution in [0.2, 0.25) is 0 Å². The Balaban J connectivity index is 1.66. The fourth-order valence-electron chi connectivity index (χ4n) is 3.16. The number of nitrogens with zero attached hydrogens (tertiary/aromatic N) is 3. The number of H-pyrrole nitrogens is 1. The van der Waals surface area contributed by atoms with Gasteiger partial charge in [-0.3, -0.25) is 10.1 Å². The molecule has 120 valence electrons. The molecule has 0 spiro atoms. The normalized spacial score (nSPS) is 16.0. The van der Waals surface area contributed by atoms with Gasteiger partial charge in [0.25, 0.3) is 0 Å². The maximum Gasteiger partial charge on any atom is 0.240 e. The predicted molar refractivity (Wildman–Crippen MR) is 88.0 cm³/mol. The summed E-state index contributed by atoms with van der Waals surface area (Å²) in [5.74, 6) is 1.30. The number of nitrogens with one attached hydrogen (secondary N) is 1. The minimum atomic E-state index is -0.0956. The van der Waals surface area contributed by atoms with Crippen molar-refractivity contribution in [1.82, 2.24) is 15.2 Å². The van der Waals surface area contributed by atoms with E-state index >= 15 is 0 Å². The van der Waals surface area contributed by atoms with E-state index in [9.17, 15) is 0 Å². The number of fused-ring (bicyclic) bond motifs is 2. The molecule has 1 aliphatic carbocycles. The highest BCUT2D eigenvalue weighted by Gasteiger charge is 2.27. The number of nitriles is 1. The highest BCUT2D eigenvalue weighted by atomic mass is 16.5. The lowest BCUT2D eigenvalue weighted by atomic mass is 10.1. The van der Waals surface area contributed by atoms with Crippen molar-refractivity contribution in [3.05, 3.63) is 46.8 Å². The first-order valence-electron chi connectivity index (χ1n) is 7.79. The largest absolute Gasteiger partial charge is 0.484 e. The van der Waals surface area contributed by atoms with Crippen molar-refractivity contribution < 1.29 is 9.47 Å². The van der Waals surface area contributed by atoms with Gasteiger partial charge in [-0.15, -0.1) is 5.10 Å². The van der Waals surface area contributed by atoms with Crippen LogP contribution in [0.5, 0.6) is 11.6 Å². The van der Waals surface area contributed by atoms with Crippen molar-refractivity contribution in [2.75, 3.05) is 7.11 Å². The molecule has 6 nitrogen and oxygen atoms in total. The third kappa shape index (κ3) is 2.26. The Labute approximate surface area is 139 Å². The first-order chi connectivity index (χ1) is 11.7. The van der Waals surface area contributed by atoms with Gasteiger partial charge in [-0.25, -0.2) is 0 Å². The van der Waals surface area contributed by atoms with Gasteiger partial charge in [0.15, 0.2) is 0 Å². The summed E-state index contributed by atoms with van der Waals surface area (Å²) in [6, 6.07) is 9.88. The average Bonchev–Trinajstić information content (AvgIpc) is 3.18. The number of ether oxygens (including phenoxy) is 2. The van der Waals surface area contributed by atoms with Gasteiger partial charge in [0.05, 0.1) is 35.0 Å². The molecular weight excluding hydrogens is 304 g/mol. The Bertz CT molecular complexity index is 971. The van der Waals surface area contributed by atoms with Crippen LogP contribution in [-0.2, 0) is 6.42 Å². The molecule has 1 N–H and O–H groups in total. The van der Waals surface area contributed by atoms with Crippen LogP contribution in [0.1, 0.15) is 35.0 Å². The lowest BCUT2D eigenvalue weighted by molar-refractivity contribution is 0.203. The Hall–Kier alpha value is -3.07. The van der Waals surface area contributed by atoms with Crippen LogP contribution < -0.4 is 9.47 Å². The third-order valence-corrected chi connectivity index (χ3v) is 4.40. The molecule has 1 aromatic carbocycles. The zero-order chi connectivity index (χ0) is 16.7. The van der Waals surface area contributed by atoms with E-state index in [0.29, 0.717) is 11.4 Å². The fourth-order valence-corrected chi connectivity index (χ4v) is 3.16. The zero-order valence-corrected chi connectivity index (χ0v) is 13.5. The summed E-state index contributed by atoms with van der Waals surface area (Å²) in [5.41, 5.74) is 4.33. The third-order valence-electron chi connectivity index (χ3n) is 4.40. The topological polar surface area (TPSA) is 83.8 Å². The molecule has 0 amide bonds. The molecule has 4 rings (SSSR count). The van der Waals surface area contributed by atoms with Crippen molar-refractivity contribution in [3.63, 3.8) is 0 Å². The van der Waals surface area contributed by atoms with Crippen molar-refractivity contribution in [2.45, 2.75) is 25.9 Å². The molecule has 0 bridgehead atoms. The number of pyridine rings is 1. The first-order valence-corrected chi connectivity index (χ1v) is 7.79. The van der Waals surface area contributed by atoms with Gasteiger partial charge in [0.1, 0.15) is 17.9 Å². The highest BCUT2D eigenvalue weighted by molar-refractivity contribution is 5.85. The summed E-state index contributed by atoms with van der Waals surface area (Å²) in [6.45, 7) is 1.86. The number of aromatic nitrogens is 3. The van der Waals surface area contributed by atoms with Gasteiger partial charge in [-0.1, -0.05) is 0 Å². The summed E-state index contributed by atoms with van der Waals surface area (Å²) in [6.07, 6.45) is 1.64. The molecule has 0 saturated heterocycles. The molecule has 0 fully saturated rings. The Morgan fingerprint density at radius 2 is 2.21 bits per heavy atom. The van der Waals surface area contributed by atoms with E-state index in [0.717, 1.165) is 46.4 Å². The number of hydrogen-bond acceptors (Lipinski definition) is 5. The average molecular weight is 320 g/mol. The van der Waals surface area contributed by atoms with Crippen LogP contribution in [0, 0.1) is 18.3 Å². The van der Waals surface area contributed by atoms with Crippen molar-refractivity contribution in [3.8, 4) is 17.7 Å². The lowest BCUT2D eigenvalue weighted by Crippen LogP contribution is -2.07. The minimum Gasteiger partial charge on any atom is -0.484 e. The zero-order valence-electron chi connectivity index (χ0n) is 13.5. The molecule has 0 aliphatic heterocycles. The molecule has 3 aromatic rings. The summed E-state index contributed by atoms with van der Waals surface area (Å²) >= 11 is 0. The second-order valence-electron chi connectivity index (χ2n) is 5.86. The van der Waals surface area contributed by atoms with Crippen LogP contribution in [0.3, 0.4) is 0 Å². The van der Waals surface area contributed by atoms with Crippen LogP contribution in [0.15, 0.2) is 24.3 Å². The summed E-state index contributed by atoms with van der Waals surface area (Å²) < 4.78 is 11.4. The van der Waals surface area contributed by atoms with Crippen molar-refractivity contribution >= 4 is 10.9 Å². The van der Waals surface area contributed by atoms with E-state index in [4.69, 9.17) is 14.7 Å². The maximum absolute atomic E-state index is 9.14. The quantitative estimate of drug-likeness (QED) is 0.801. The van der Waals surface area contributed by atoms with E-state index in [2.05, 4.69) is 21.3 Å². The molecule has 24 heavy (non-hydrogen) atoms. The second-order valence-corrected chi connectivity index (χ2v) is 5.86. The van der Waals surface area contributed by atoms with Gasteiger partial charge in [-0.2, -0.15) is 5.26 Å². The lowest BCUT2D eigenvalue weighted by Gasteiger charge is -2.15. The second kappa shape index (κ2) is 5.53. The van der Waals surface area contributed by atoms with Gasteiger partial charge in [-0.05, 0) is 49.6 Å². The molecule has 0 radical (unpaired) electrons. The van der Waals surface area contributed by atoms with Crippen LogP contribution >= 0.6 is 0 Å². The van der Waals surface area contributed by atoms with Gasteiger partial charge >= 0.3 is 0 Å². The molecule has 1 atom stereocenters. The monoisotopic (exact) mass is 320 g/mol. The van der Waals surface area contributed by atoms with Crippen molar-refractivity contribution in [2.24, 2.45) is 0 Å². The van der Waals surface area contributed by atoms with E-state index < -0.39 is 0 Å². The number of aryl methyl sites for hydroxylation is 2. The van der Waals surface area contributed by atoms with E-state index in [1.165, 1.54) is 0 Å². The van der Waals surface area contributed by atoms with E-state index in [1.807, 2.05) is 31.2 Å². The van der Waals surface area contributed by atoms with Gasteiger partial charge in [0.2, 0.25) is 5.88 Å². The smallest absolute Gasteiger partial charge is 0.240 e. The molecule has 2 aromatic heterocycles. The summed E-state index contributed by atoms with van der Waals surface area (Å²) in [4.78, 5) is 4.60. The molecule has 0 unspecified atom stereocenters. The van der Waals surface area contributed by atoms with Gasteiger partial charge in [0, 0.05) is 0 Å². The predicted octanol–water partition coefficient (Wildman–Crippen LogP) is 3.21. The summed E-state index contributed by atoms with van der Waals surface area (Å²) in [7, 11) is 1.59. The molecule has 1 aliphatic rings. The Morgan fingerprint density at radius 3 is 3.00 bits per heavy atom. The first kappa shape index (κ1) is 14.5. The molecule has 6 heteroatoms. The Morgan fingerprint density at radius 1 is 1.33 bits per heavy atom. The van der Waals surface area contributed by atoms with Crippen LogP contribution in [-0.4, -0.2) is 22.3 Å². The van der Waals surface area contributed by atoms with E-state index in [-0.39, 0.29) is 6.10 Å². The van der Waals surface area contributed by atoms with Crippen LogP contribution in [0.4, 0.5) is 0 Å². The standard InChI is InChI=1S/C18H16N4O2/c1-10-12(9-19)7-11-3-6-16(17(11)20-10)24-13-4-5-15-14(8-13)18(23-2)22-21-15/h4-5,7-8,16H,3,6H2,1-2H3,(H,21,22)/t16-/m1/s1. The molecule has 0 saturated carbocycles. The van der Waals surface area contributed by atoms with E-state index in [1.54, 1.807) is 7.11 Å². The molecule has 2 heterocycles. The minimum absolute atomic E-state index is 0.0956. The Kier molecular flexibility index (Phi) is 3.35. The fraction of sp³-hybridized carbons (Fsp3) is 0.278. The number of hydrogen-bond donors (Lipinski definition) is 1. The number of methoxy groups -OCH3 is 1. The summed E-state index contributed by atoms with van der Waals surface area (Å²) in [5, 5.41) is 17.1. The maximum atomic E-state index is 9.14. The van der Waals surface area contributed by atoms with Gasteiger partial charge < -0.3 is 9.47 Å². The molecular formula is C18H16N4O2. The SMILES string of the molecule is COc1n[nH]c2ccc(O[C@@H]3CCc4cc(C#N)c(C)nc43)cc12. The highest BCUT2D eigenvalue weighted by Crippen LogP contribution is 2.36. The number of rotatable bonds is 3. The van der Waals surface area contributed by atoms with Crippen LogP contribution in [0.25, 0.3) is 10.9 Å². The number of benzene rings is 1.